The lowest BCUT2D eigenvalue weighted by Crippen LogP contribution is -2.33. The first-order valence-corrected chi connectivity index (χ1v) is 9.72. The zero-order chi connectivity index (χ0) is 21.7. The molecule has 2 N–H and O–H groups in total. The molecule has 3 amide bonds. The second kappa shape index (κ2) is 9.37. The van der Waals surface area contributed by atoms with Crippen LogP contribution >= 0.6 is 0 Å². The minimum absolute atomic E-state index is 0.164. The number of benzene rings is 2. The van der Waals surface area contributed by atoms with E-state index in [2.05, 4.69) is 10.6 Å². The van der Waals surface area contributed by atoms with Gasteiger partial charge >= 0.3 is 0 Å². The molecule has 0 atom stereocenters. The highest BCUT2D eigenvalue weighted by Gasteiger charge is 2.38. The third-order valence-electron chi connectivity index (χ3n) is 4.71. The van der Waals surface area contributed by atoms with Crippen LogP contribution in [0.5, 0.6) is 0 Å². The van der Waals surface area contributed by atoms with Gasteiger partial charge in [0.25, 0.3) is 11.8 Å². The third kappa shape index (κ3) is 4.75. The quantitative estimate of drug-likeness (QED) is 0.518. The second-order valence-corrected chi connectivity index (χ2v) is 7.11. The molecule has 0 saturated heterocycles. The molecule has 0 unspecified atom stereocenters. The number of carbonyl (C=O) groups excluding carboxylic acids is 3. The molecule has 2 aromatic carbocycles. The van der Waals surface area contributed by atoms with E-state index < -0.39 is 0 Å². The summed E-state index contributed by atoms with van der Waals surface area (Å²) in [6.45, 7) is 4.15. The molecule has 30 heavy (non-hydrogen) atoms. The number of amides is 3. The zero-order valence-electron chi connectivity index (χ0n) is 17.3. The molecule has 0 bridgehead atoms. The van der Waals surface area contributed by atoms with Crippen LogP contribution in [0.3, 0.4) is 0 Å². The van der Waals surface area contributed by atoms with E-state index in [1.807, 2.05) is 31.2 Å². The Labute approximate surface area is 175 Å². The van der Waals surface area contributed by atoms with E-state index in [-0.39, 0.29) is 30.0 Å². The van der Waals surface area contributed by atoms with Crippen LogP contribution in [0, 0.1) is 6.92 Å². The Morgan fingerprint density at radius 2 is 1.60 bits per heavy atom. The van der Waals surface area contributed by atoms with Crippen molar-refractivity contribution < 1.29 is 19.1 Å². The van der Waals surface area contributed by atoms with Crippen LogP contribution in [0.4, 0.5) is 11.4 Å². The number of ether oxygens (including phenoxy) is 1. The lowest BCUT2D eigenvalue weighted by atomic mass is 10.0. The number of anilines is 2. The van der Waals surface area contributed by atoms with Crippen molar-refractivity contribution in [2.24, 2.45) is 0 Å². The number of imide groups is 1. The molecule has 1 aliphatic heterocycles. The number of nitrogens with zero attached hydrogens (tertiary/aromatic N) is 1. The average molecular weight is 407 g/mol. The van der Waals surface area contributed by atoms with Gasteiger partial charge in [-0.25, -0.2) is 0 Å². The van der Waals surface area contributed by atoms with Crippen molar-refractivity contribution in [3.05, 3.63) is 65.4 Å². The van der Waals surface area contributed by atoms with Crippen LogP contribution in [-0.4, -0.2) is 42.9 Å². The summed E-state index contributed by atoms with van der Waals surface area (Å²) < 4.78 is 5.05. The first-order valence-electron chi connectivity index (χ1n) is 9.72. The van der Waals surface area contributed by atoms with Gasteiger partial charge in [-0.2, -0.15) is 0 Å². The van der Waals surface area contributed by atoms with Gasteiger partial charge in [0, 0.05) is 38.6 Å². The van der Waals surface area contributed by atoms with Gasteiger partial charge in [0.2, 0.25) is 5.91 Å². The largest absolute Gasteiger partial charge is 0.385 e. The maximum atomic E-state index is 13.1. The number of aryl methyl sites for hydroxylation is 1. The van der Waals surface area contributed by atoms with Crippen molar-refractivity contribution in [3.63, 3.8) is 0 Å². The fourth-order valence-electron chi connectivity index (χ4n) is 3.23. The molecule has 3 rings (SSSR count). The average Bonchev–Trinajstić information content (AvgIpc) is 2.94. The van der Waals surface area contributed by atoms with Gasteiger partial charge in [0.1, 0.15) is 5.70 Å². The predicted molar refractivity (Wildman–Crippen MR) is 116 cm³/mol. The first kappa shape index (κ1) is 21.3. The number of methoxy groups -OCH3 is 1. The molecule has 0 radical (unpaired) electrons. The summed E-state index contributed by atoms with van der Waals surface area (Å²) in [5.74, 6) is -0.849. The Balaban J connectivity index is 1.92. The summed E-state index contributed by atoms with van der Waals surface area (Å²) in [7, 11) is 1.58. The molecular formula is C23H25N3O4. The summed E-state index contributed by atoms with van der Waals surface area (Å²) >= 11 is 0. The van der Waals surface area contributed by atoms with Crippen molar-refractivity contribution in [3.8, 4) is 0 Å². The van der Waals surface area contributed by atoms with E-state index in [0.717, 1.165) is 5.56 Å². The highest BCUT2D eigenvalue weighted by Crippen LogP contribution is 2.31. The van der Waals surface area contributed by atoms with E-state index >= 15 is 0 Å². The summed E-state index contributed by atoms with van der Waals surface area (Å²) in [5.41, 5.74) is 3.64. The monoisotopic (exact) mass is 407 g/mol. The van der Waals surface area contributed by atoms with Gasteiger partial charge in [0.05, 0.1) is 5.57 Å². The van der Waals surface area contributed by atoms with E-state index in [0.29, 0.717) is 35.5 Å². The van der Waals surface area contributed by atoms with Crippen LogP contribution in [0.15, 0.2) is 54.2 Å². The predicted octanol–water partition coefficient (Wildman–Crippen LogP) is 3.18. The SMILES string of the molecule is COCCCN1C(=O)C(Nc2ccc(NC(C)=O)cc2)=C(c2ccc(C)cc2)C1=O. The fourth-order valence-corrected chi connectivity index (χ4v) is 3.23. The van der Waals surface area contributed by atoms with Gasteiger partial charge < -0.3 is 15.4 Å². The van der Waals surface area contributed by atoms with Crippen molar-refractivity contribution >= 4 is 34.7 Å². The Morgan fingerprint density at radius 3 is 2.20 bits per heavy atom. The Hall–Kier alpha value is -3.45. The summed E-state index contributed by atoms with van der Waals surface area (Å²) in [6, 6.07) is 14.5. The molecule has 7 heteroatoms. The first-order chi connectivity index (χ1) is 14.4. The summed E-state index contributed by atoms with van der Waals surface area (Å²) in [4.78, 5) is 38.6. The molecule has 1 heterocycles. The van der Waals surface area contributed by atoms with E-state index in [9.17, 15) is 14.4 Å². The molecule has 0 fully saturated rings. The number of hydrogen-bond acceptors (Lipinski definition) is 5. The topological polar surface area (TPSA) is 87.7 Å². The van der Waals surface area contributed by atoms with Crippen LogP contribution in [0.1, 0.15) is 24.5 Å². The maximum absolute atomic E-state index is 13.1. The fraction of sp³-hybridized carbons (Fsp3) is 0.261. The number of carbonyl (C=O) groups is 3. The molecular weight excluding hydrogens is 382 g/mol. The maximum Gasteiger partial charge on any atom is 0.278 e. The number of hydrogen-bond donors (Lipinski definition) is 2. The van der Waals surface area contributed by atoms with Crippen LogP contribution < -0.4 is 10.6 Å². The normalized spacial score (nSPS) is 13.8. The van der Waals surface area contributed by atoms with Gasteiger partial charge in [-0.15, -0.1) is 0 Å². The molecule has 156 valence electrons. The molecule has 0 spiro atoms. The summed E-state index contributed by atoms with van der Waals surface area (Å²) in [6.07, 6.45) is 0.563. The van der Waals surface area contributed by atoms with Crippen molar-refractivity contribution in [1.82, 2.24) is 4.90 Å². The molecule has 1 aliphatic rings. The number of rotatable bonds is 8. The van der Waals surface area contributed by atoms with Crippen molar-refractivity contribution in [2.45, 2.75) is 20.3 Å². The highest BCUT2D eigenvalue weighted by molar-refractivity contribution is 6.36. The second-order valence-electron chi connectivity index (χ2n) is 7.11. The van der Waals surface area contributed by atoms with Crippen molar-refractivity contribution in [1.29, 1.82) is 0 Å². The highest BCUT2D eigenvalue weighted by atomic mass is 16.5. The Morgan fingerprint density at radius 1 is 0.967 bits per heavy atom. The van der Waals surface area contributed by atoms with Crippen molar-refractivity contribution in [2.75, 3.05) is 30.9 Å². The van der Waals surface area contributed by atoms with Crippen LogP contribution in [0.25, 0.3) is 5.57 Å². The van der Waals surface area contributed by atoms with E-state index in [4.69, 9.17) is 4.74 Å². The Kier molecular flexibility index (Phi) is 6.64. The lowest BCUT2D eigenvalue weighted by molar-refractivity contribution is -0.137. The van der Waals surface area contributed by atoms with Gasteiger partial charge in [-0.3, -0.25) is 19.3 Å². The Bertz CT molecular complexity index is 979. The van der Waals surface area contributed by atoms with Crippen LogP contribution in [-0.2, 0) is 19.1 Å². The van der Waals surface area contributed by atoms with Gasteiger partial charge in [-0.1, -0.05) is 29.8 Å². The zero-order valence-corrected chi connectivity index (χ0v) is 17.3. The lowest BCUT2D eigenvalue weighted by Gasteiger charge is -2.15. The summed E-state index contributed by atoms with van der Waals surface area (Å²) in [5, 5.41) is 5.81. The van der Waals surface area contributed by atoms with Gasteiger partial charge in [-0.05, 0) is 43.2 Å². The minimum atomic E-state index is -0.363. The smallest absolute Gasteiger partial charge is 0.278 e. The molecule has 0 saturated carbocycles. The van der Waals surface area contributed by atoms with Crippen LogP contribution in [0.2, 0.25) is 0 Å². The van der Waals surface area contributed by atoms with Gasteiger partial charge in [0.15, 0.2) is 0 Å². The molecule has 2 aromatic rings. The minimum Gasteiger partial charge on any atom is -0.385 e. The molecule has 0 aliphatic carbocycles. The molecule has 7 nitrogen and oxygen atoms in total. The third-order valence-corrected chi connectivity index (χ3v) is 4.71. The van der Waals surface area contributed by atoms with E-state index in [1.54, 1.807) is 31.4 Å². The molecule has 0 aromatic heterocycles. The van der Waals surface area contributed by atoms with E-state index in [1.165, 1.54) is 11.8 Å². The number of nitrogens with one attached hydrogen (secondary N) is 2. The standard InChI is InChI=1S/C23H25N3O4/c1-15-5-7-17(8-6-15)20-21(23(29)26(22(20)28)13-4-14-30-3)25-19-11-9-18(10-12-19)24-16(2)27/h5-12,25H,4,13-14H2,1-3H3,(H,24,27).